The van der Waals surface area contributed by atoms with Gasteiger partial charge in [0.05, 0.1) is 0 Å². The number of rotatable bonds is 4. The van der Waals surface area contributed by atoms with Crippen molar-refractivity contribution < 1.29 is 14.4 Å². The number of nitrogens with one attached hydrogen (secondary N) is 3. The summed E-state index contributed by atoms with van der Waals surface area (Å²) in [6, 6.07) is -0.416. The lowest BCUT2D eigenvalue weighted by Gasteiger charge is -2.39. The van der Waals surface area contributed by atoms with Crippen molar-refractivity contribution >= 4 is 23.8 Å². The maximum atomic E-state index is 12.4. The molecule has 1 atom stereocenters. The maximum Gasteiger partial charge on any atom is 0.322 e. The summed E-state index contributed by atoms with van der Waals surface area (Å²) in [5.74, 6) is 0.663. The summed E-state index contributed by atoms with van der Waals surface area (Å²) in [5.41, 5.74) is -0.844. The fraction of sp³-hybridized carbons (Fsp3) is 0.789. The zero-order chi connectivity index (χ0) is 20.1. The average Bonchev–Trinajstić information content (AvgIpc) is 2.98. The van der Waals surface area contributed by atoms with Crippen molar-refractivity contribution in [2.45, 2.75) is 51.5 Å². The zero-order valence-electron chi connectivity index (χ0n) is 16.9. The number of carbonyl (C=O) groups is 3. The topological polar surface area (TPSA) is 106 Å². The predicted molar refractivity (Wildman–Crippen MR) is 106 cm³/mol. The van der Waals surface area contributed by atoms with Gasteiger partial charge in [0.15, 0.2) is 5.96 Å². The number of amides is 4. The molecule has 0 radical (unpaired) electrons. The lowest BCUT2D eigenvalue weighted by molar-refractivity contribution is -0.130. The number of carbonyl (C=O) groups excluding carboxylic acids is 3. The van der Waals surface area contributed by atoms with E-state index >= 15 is 0 Å². The first kappa shape index (κ1) is 20.4. The second-order valence-electron chi connectivity index (χ2n) is 7.98. The minimum absolute atomic E-state index is 0.0769. The van der Waals surface area contributed by atoms with Crippen molar-refractivity contribution in [1.82, 2.24) is 25.8 Å². The summed E-state index contributed by atoms with van der Waals surface area (Å²) in [5, 5.41) is 8.40. The number of imide groups is 1. The van der Waals surface area contributed by atoms with Crippen LogP contribution in [0.25, 0.3) is 0 Å². The lowest BCUT2D eigenvalue weighted by atomic mass is 9.79. The first-order chi connectivity index (χ1) is 13.4. The molecule has 3 aliphatic heterocycles. The van der Waals surface area contributed by atoms with Crippen LogP contribution in [-0.4, -0.2) is 78.4 Å². The molecule has 156 valence electrons. The molecule has 3 N–H and O–H groups in total. The van der Waals surface area contributed by atoms with Crippen LogP contribution in [0.2, 0.25) is 0 Å². The molecule has 4 amide bonds. The number of hydrogen-bond acceptors (Lipinski definition) is 4. The Kier molecular flexibility index (Phi) is 6.41. The first-order valence-electron chi connectivity index (χ1n) is 10.4. The summed E-state index contributed by atoms with van der Waals surface area (Å²) in [6.07, 6.45) is 4.89. The molecule has 3 heterocycles. The molecule has 9 heteroatoms. The highest BCUT2D eigenvalue weighted by molar-refractivity contribution is 6.07. The van der Waals surface area contributed by atoms with Crippen LogP contribution in [0.5, 0.6) is 0 Å². The minimum Gasteiger partial charge on any atom is -0.357 e. The fourth-order valence-electron chi connectivity index (χ4n) is 4.32. The van der Waals surface area contributed by atoms with Crippen molar-refractivity contribution in [3.63, 3.8) is 0 Å². The van der Waals surface area contributed by atoms with E-state index < -0.39 is 11.6 Å². The predicted octanol–water partition coefficient (Wildman–Crippen LogP) is 0.275. The molecule has 0 bridgehead atoms. The van der Waals surface area contributed by atoms with Gasteiger partial charge in [0, 0.05) is 32.7 Å². The Hall–Kier alpha value is -2.32. The van der Waals surface area contributed by atoms with Gasteiger partial charge in [-0.05, 0) is 51.9 Å². The number of nitrogens with zero attached hydrogens (tertiary/aromatic N) is 3. The van der Waals surface area contributed by atoms with Gasteiger partial charge in [-0.1, -0.05) is 0 Å². The third-order valence-corrected chi connectivity index (χ3v) is 6.09. The number of likely N-dealkylation sites (tertiary alicyclic amines) is 2. The molecule has 3 rings (SSSR count). The molecule has 0 aromatic rings. The molecule has 0 aromatic carbocycles. The summed E-state index contributed by atoms with van der Waals surface area (Å²) >= 11 is 0. The van der Waals surface area contributed by atoms with E-state index in [-0.39, 0.29) is 24.3 Å². The molecular weight excluding hydrogens is 360 g/mol. The van der Waals surface area contributed by atoms with Gasteiger partial charge in [-0.2, -0.15) is 0 Å². The standard InChI is InChI=1S/C19H32N6O3/c1-3-20-17(21-13-15(26)24-9-5-4-6-10-24)25-11-7-14(8-12-25)19(2)16(27)22-18(28)23-19/h14H,3-13H2,1-2H3,(H,20,21)(H2,22,23,27,28). The molecule has 9 nitrogen and oxygen atoms in total. The summed E-state index contributed by atoms with van der Waals surface area (Å²) in [6.45, 7) is 7.83. The van der Waals surface area contributed by atoms with Crippen molar-refractivity contribution in [2.24, 2.45) is 10.9 Å². The van der Waals surface area contributed by atoms with Gasteiger partial charge < -0.3 is 20.4 Å². The van der Waals surface area contributed by atoms with Crippen LogP contribution in [0.15, 0.2) is 4.99 Å². The van der Waals surface area contributed by atoms with Crippen LogP contribution >= 0.6 is 0 Å². The van der Waals surface area contributed by atoms with E-state index in [4.69, 9.17) is 0 Å². The van der Waals surface area contributed by atoms with Crippen molar-refractivity contribution in [2.75, 3.05) is 39.3 Å². The second kappa shape index (κ2) is 8.79. The fourth-order valence-corrected chi connectivity index (χ4v) is 4.32. The Morgan fingerprint density at radius 1 is 1.14 bits per heavy atom. The third-order valence-electron chi connectivity index (χ3n) is 6.09. The van der Waals surface area contributed by atoms with Crippen LogP contribution < -0.4 is 16.0 Å². The van der Waals surface area contributed by atoms with Gasteiger partial charge in [0.25, 0.3) is 5.91 Å². The van der Waals surface area contributed by atoms with Gasteiger partial charge in [-0.15, -0.1) is 0 Å². The van der Waals surface area contributed by atoms with E-state index in [1.165, 1.54) is 6.42 Å². The number of aliphatic imine (C=N–C) groups is 1. The number of piperidine rings is 2. The summed E-state index contributed by atoms with van der Waals surface area (Å²) in [7, 11) is 0. The highest BCUT2D eigenvalue weighted by Gasteiger charge is 2.48. The SMILES string of the molecule is CCNC(=NCC(=O)N1CCCCC1)N1CCC(C2(C)NC(=O)NC2=O)CC1. The van der Waals surface area contributed by atoms with E-state index in [1.807, 2.05) is 11.8 Å². The van der Waals surface area contributed by atoms with E-state index in [0.717, 1.165) is 64.4 Å². The maximum absolute atomic E-state index is 12.4. The van der Waals surface area contributed by atoms with Gasteiger partial charge in [-0.25, -0.2) is 9.79 Å². The van der Waals surface area contributed by atoms with Crippen LogP contribution in [0.1, 0.15) is 46.0 Å². The van der Waals surface area contributed by atoms with E-state index in [2.05, 4.69) is 25.8 Å². The smallest absolute Gasteiger partial charge is 0.322 e. The normalized spacial score (nSPS) is 26.9. The molecule has 3 saturated heterocycles. The molecule has 1 unspecified atom stereocenters. The third kappa shape index (κ3) is 4.39. The van der Waals surface area contributed by atoms with E-state index in [9.17, 15) is 14.4 Å². The van der Waals surface area contributed by atoms with Crippen LogP contribution in [0, 0.1) is 5.92 Å². The molecule has 28 heavy (non-hydrogen) atoms. The molecule has 3 aliphatic rings. The molecule has 0 spiro atoms. The van der Waals surface area contributed by atoms with Crippen LogP contribution in [0.3, 0.4) is 0 Å². The Morgan fingerprint density at radius 2 is 1.82 bits per heavy atom. The van der Waals surface area contributed by atoms with Gasteiger partial charge in [0.1, 0.15) is 12.1 Å². The molecule has 0 saturated carbocycles. The summed E-state index contributed by atoms with van der Waals surface area (Å²) < 4.78 is 0. The van der Waals surface area contributed by atoms with E-state index in [1.54, 1.807) is 6.92 Å². The number of hydrogen-bond donors (Lipinski definition) is 3. The molecule has 0 aromatic heterocycles. The quantitative estimate of drug-likeness (QED) is 0.362. The Morgan fingerprint density at radius 3 is 2.39 bits per heavy atom. The van der Waals surface area contributed by atoms with Gasteiger partial charge >= 0.3 is 6.03 Å². The van der Waals surface area contributed by atoms with Gasteiger partial charge in [-0.3, -0.25) is 14.9 Å². The van der Waals surface area contributed by atoms with Gasteiger partial charge in [0.2, 0.25) is 5.91 Å². The molecular formula is C19H32N6O3. The Bertz CT molecular complexity index is 638. The highest BCUT2D eigenvalue weighted by atomic mass is 16.2. The average molecular weight is 393 g/mol. The largest absolute Gasteiger partial charge is 0.357 e. The van der Waals surface area contributed by atoms with Crippen molar-refractivity contribution in [1.29, 1.82) is 0 Å². The lowest BCUT2D eigenvalue weighted by Crippen LogP contribution is -2.55. The minimum atomic E-state index is -0.844. The Labute approximate surface area is 166 Å². The second-order valence-corrected chi connectivity index (χ2v) is 7.98. The van der Waals surface area contributed by atoms with Crippen molar-refractivity contribution in [3.8, 4) is 0 Å². The van der Waals surface area contributed by atoms with Crippen LogP contribution in [-0.2, 0) is 9.59 Å². The Balaban J connectivity index is 1.57. The number of urea groups is 1. The molecule has 0 aliphatic carbocycles. The first-order valence-corrected chi connectivity index (χ1v) is 10.4. The monoisotopic (exact) mass is 392 g/mol. The summed E-state index contributed by atoms with van der Waals surface area (Å²) in [4.78, 5) is 44.7. The zero-order valence-corrected chi connectivity index (χ0v) is 16.9. The number of guanidine groups is 1. The highest BCUT2D eigenvalue weighted by Crippen LogP contribution is 2.30. The van der Waals surface area contributed by atoms with Crippen LogP contribution in [0.4, 0.5) is 4.79 Å². The molecule has 3 fully saturated rings. The van der Waals surface area contributed by atoms with Crippen molar-refractivity contribution in [3.05, 3.63) is 0 Å². The van der Waals surface area contributed by atoms with E-state index in [0.29, 0.717) is 0 Å².